The normalized spacial score (nSPS) is 15.6. The Balaban J connectivity index is 0.000000312. The minimum atomic E-state index is -0.301. The number of nitrogens with one attached hydrogen (secondary N) is 2. The Morgan fingerprint density at radius 2 is 2.00 bits per heavy atom. The molecule has 0 saturated carbocycles. The number of hydrazone groups is 1. The van der Waals surface area contributed by atoms with Gasteiger partial charge in [0.2, 0.25) is 5.91 Å². The van der Waals surface area contributed by atoms with Crippen LogP contribution >= 0.6 is 15.9 Å². The van der Waals surface area contributed by atoms with E-state index in [1.807, 2.05) is 12.1 Å². The van der Waals surface area contributed by atoms with Gasteiger partial charge in [0.1, 0.15) is 5.82 Å². The lowest BCUT2D eigenvalue weighted by Gasteiger charge is -2.03. The van der Waals surface area contributed by atoms with Gasteiger partial charge in [-0.1, -0.05) is 36.4 Å². The van der Waals surface area contributed by atoms with Gasteiger partial charge in [0.05, 0.1) is 16.7 Å². The maximum atomic E-state index is 13.5. The molecule has 5 nitrogen and oxygen atoms in total. The molecule has 2 aliphatic rings. The standard InChI is InChI=1S/C13H11BrFN3.C6H8.C3H7NO/c1-16-6-2-3-10-8-17-18-13(10)9-4-5-11(14)12(15)7-9;1-2-4-6-5-3-1;1-3(5)4-2/h2-7,17H,1,8H2;1-4H,5-6H2;1-2H3,(H,4,5)/b6-2-,10-3+;;. The van der Waals surface area contributed by atoms with Gasteiger partial charge in [0.25, 0.3) is 0 Å². The third-order valence-electron chi connectivity index (χ3n) is 3.68. The highest BCUT2D eigenvalue weighted by atomic mass is 79.9. The summed E-state index contributed by atoms with van der Waals surface area (Å²) in [6.07, 6.45) is 16.2. The molecule has 3 rings (SSSR count). The van der Waals surface area contributed by atoms with Crippen LogP contribution in [0.5, 0.6) is 0 Å². The second kappa shape index (κ2) is 14.2. The van der Waals surface area contributed by atoms with Crippen molar-refractivity contribution in [3.05, 3.63) is 82.3 Å². The summed E-state index contributed by atoms with van der Waals surface area (Å²) in [6, 6.07) is 4.95. The number of halogens is 2. The van der Waals surface area contributed by atoms with Crippen molar-refractivity contribution in [2.75, 3.05) is 13.6 Å². The predicted octanol–water partition coefficient (Wildman–Crippen LogP) is 4.68. The van der Waals surface area contributed by atoms with Gasteiger partial charge < -0.3 is 10.7 Å². The lowest BCUT2D eigenvalue weighted by atomic mass is 10.0. The zero-order chi connectivity index (χ0) is 21.5. The second-order valence-electron chi connectivity index (χ2n) is 5.88. The van der Waals surface area contributed by atoms with Crippen molar-refractivity contribution >= 4 is 34.3 Å². The predicted molar refractivity (Wildman–Crippen MR) is 123 cm³/mol. The van der Waals surface area contributed by atoms with Crippen LogP contribution in [0.4, 0.5) is 4.39 Å². The monoisotopic (exact) mass is 460 g/mol. The lowest BCUT2D eigenvalue weighted by molar-refractivity contribution is -0.118. The summed E-state index contributed by atoms with van der Waals surface area (Å²) in [6.45, 7) is 5.45. The van der Waals surface area contributed by atoms with Crippen molar-refractivity contribution in [1.29, 1.82) is 0 Å². The molecule has 0 aromatic heterocycles. The van der Waals surface area contributed by atoms with E-state index >= 15 is 0 Å². The Bertz CT molecular complexity index is 829. The number of hydrogen-bond donors (Lipinski definition) is 2. The highest BCUT2D eigenvalue weighted by molar-refractivity contribution is 9.10. The van der Waals surface area contributed by atoms with Crippen molar-refractivity contribution in [2.24, 2.45) is 10.1 Å². The van der Waals surface area contributed by atoms with Gasteiger partial charge in [0.15, 0.2) is 0 Å². The second-order valence-corrected chi connectivity index (χ2v) is 6.73. The molecule has 7 heteroatoms. The molecule has 1 aromatic rings. The number of rotatable bonds is 3. The molecule has 0 atom stereocenters. The van der Waals surface area contributed by atoms with E-state index in [4.69, 9.17) is 0 Å². The molecule has 0 fully saturated rings. The number of nitrogens with zero attached hydrogens (tertiary/aromatic N) is 2. The first kappa shape index (κ1) is 24.2. The molecule has 0 spiro atoms. The maximum Gasteiger partial charge on any atom is 0.216 e. The summed E-state index contributed by atoms with van der Waals surface area (Å²) in [4.78, 5) is 13.3. The fourth-order valence-corrected chi connectivity index (χ4v) is 2.40. The Morgan fingerprint density at radius 3 is 2.48 bits per heavy atom. The van der Waals surface area contributed by atoms with Crippen LogP contribution in [0.3, 0.4) is 0 Å². The Morgan fingerprint density at radius 1 is 1.34 bits per heavy atom. The van der Waals surface area contributed by atoms with Crippen molar-refractivity contribution in [3.8, 4) is 0 Å². The van der Waals surface area contributed by atoms with Crippen LogP contribution in [0.25, 0.3) is 0 Å². The summed E-state index contributed by atoms with van der Waals surface area (Å²) in [5.74, 6) is -0.297. The molecule has 2 N–H and O–H groups in total. The average molecular weight is 461 g/mol. The van der Waals surface area contributed by atoms with E-state index in [1.54, 1.807) is 25.4 Å². The highest BCUT2D eigenvalue weighted by Gasteiger charge is 2.16. The zero-order valence-electron chi connectivity index (χ0n) is 16.7. The summed E-state index contributed by atoms with van der Waals surface area (Å²) >= 11 is 3.13. The van der Waals surface area contributed by atoms with Crippen LogP contribution in [0.15, 0.2) is 81.0 Å². The quantitative estimate of drug-likeness (QED) is 0.642. The zero-order valence-corrected chi connectivity index (χ0v) is 18.2. The first-order chi connectivity index (χ1) is 14.0. The molecule has 1 aliphatic carbocycles. The molecule has 1 aromatic carbocycles. The van der Waals surface area contributed by atoms with Gasteiger partial charge in [-0.05, 0) is 53.7 Å². The van der Waals surface area contributed by atoms with Gasteiger partial charge in [-0.3, -0.25) is 9.79 Å². The highest BCUT2D eigenvalue weighted by Crippen LogP contribution is 2.20. The van der Waals surface area contributed by atoms with E-state index in [0.29, 0.717) is 11.0 Å². The van der Waals surface area contributed by atoms with Crippen LogP contribution in [-0.4, -0.2) is 31.9 Å². The number of benzene rings is 1. The summed E-state index contributed by atoms with van der Waals surface area (Å²) in [5.41, 5.74) is 5.36. The fraction of sp³-hybridized carbons (Fsp3) is 0.227. The number of allylic oxidation sites excluding steroid dienone is 6. The van der Waals surface area contributed by atoms with Crippen LogP contribution < -0.4 is 10.7 Å². The van der Waals surface area contributed by atoms with E-state index in [1.165, 1.54) is 25.8 Å². The van der Waals surface area contributed by atoms with Crippen molar-refractivity contribution in [1.82, 2.24) is 10.7 Å². The van der Waals surface area contributed by atoms with Crippen molar-refractivity contribution in [3.63, 3.8) is 0 Å². The molecule has 0 saturated heterocycles. The topological polar surface area (TPSA) is 65.8 Å². The fourth-order valence-electron chi connectivity index (χ4n) is 2.15. The number of carbonyl (C=O) groups is 1. The first-order valence-electron chi connectivity index (χ1n) is 9.07. The smallest absolute Gasteiger partial charge is 0.216 e. The van der Waals surface area contributed by atoms with Crippen molar-refractivity contribution in [2.45, 2.75) is 19.8 Å². The maximum absolute atomic E-state index is 13.5. The molecule has 1 amide bonds. The van der Waals surface area contributed by atoms with Crippen LogP contribution in [0.1, 0.15) is 25.3 Å². The number of aliphatic imine (C=N–C) groups is 1. The minimum Gasteiger partial charge on any atom is -0.359 e. The van der Waals surface area contributed by atoms with Crippen LogP contribution in [-0.2, 0) is 4.79 Å². The largest absolute Gasteiger partial charge is 0.359 e. The number of hydrogen-bond acceptors (Lipinski definition) is 4. The molecule has 1 aliphatic heterocycles. The van der Waals surface area contributed by atoms with Gasteiger partial charge >= 0.3 is 0 Å². The Hall–Kier alpha value is -2.80. The summed E-state index contributed by atoms with van der Waals surface area (Å²) < 4.78 is 13.9. The Labute approximate surface area is 180 Å². The SMILES string of the molecule is C1=CCCC=C1.C=N/C=C\C=C1/CNN=C1c1ccc(Br)c(F)c1.CNC(C)=O. The summed E-state index contributed by atoms with van der Waals surface area (Å²) in [7, 11) is 1.60. The van der Waals surface area contributed by atoms with E-state index in [2.05, 4.69) is 67.8 Å². The van der Waals surface area contributed by atoms with Gasteiger partial charge in [0, 0.05) is 31.3 Å². The van der Waals surface area contributed by atoms with Gasteiger partial charge in [-0.2, -0.15) is 5.10 Å². The first-order valence-corrected chi connectivity index (χ1v) is 9.86. The lowest BCUT2D eigenvalue weighted by Crippen LogP contribution is -2.11. The van der Waals surface area contributed by atoms with Crippen LogP contribution in [0.2, 0.25) is 0 Å². The molecular weight excluding hydrogens is 435 g/mol. The van der Waals surface area contributed by atoms with E-state index < -0.39 is 0 Å². The van der Waals surface area contributed by atoms with Crippen molar-refractivity contribution < 1.29 is 9.18 Å². The average Bonchev–Trinajstić information content (AvgIpc) is 3.21. The van der Waals surface area contributed by atoms with Gasteiger partial charge in [-0.15, -0.1) is 0 Å². The molecule has 0 radical (unpaired) electrons. The molecular formula is C22H26BrFN4O. The minimum absolute atomic E-state index is 0.00463. The molecule has 0 bridgehead atoms. The number of carbonyl (C=O) groups excluding carboxylic acids is 1. The number of amides is 1. The third kappa shape index (κ3) is 9.80. The van der Waals surface area contributed by atoms with E-state index in [9.17, 15) is 9.18 Å². The van der Waals surface area contributed by atoms with Gasteiger partial charge in [-0.25, -0.2) is 4.39 Å². The molecule has 29 heavy (non-hydrogen) atoms. The van der Waals surface area contributed by atoms with E-state index in [0.717, 1.165) is 16.8 Å². The Kier molecular flexibility index (Phi) is 11.9. The summed E-state index contributed by atoms with van der Waals surface area (Å²) in [5, 5.41) is 6.56. The third-order valence-corrected chi connectivity index (χ3v) is 4.32. The molecule has 0 unspecified atom stereocenters. The van der Waals surface area contributed by atoms with Crippen LogP contribution in [0, 0.1) is 5.82 Å². The van der Waals surface area contributed by atoms with E-state index in [-0.39, 0.29) is 11.7 Å². The molecule has 1 heterocycles. The molecule has 154 valence electrons.